The van der Waals surface area contributed by atoms with Gasteiger partial charge in [0.2, 0.25) is 0 Å². The molecule has 37 heavy (non-hydrogen) atoms. The number of unbranched alkanes of at least 4 members (excludes halogenated alkanes) is 4. The maximum atomic E-state index is 11.2. The predicted octanol–water partition coefficient (Wildman–Crippen LogP) is 8.06. The van der Waals surface area contributed by atoms with E-state index >= 15 is 0 Å². The molecule has 1 fully saturated rings. The van der Waals surface area contributed by atoms with E-state index in [2.05, 4.69) is 36.4 Å². The summed E-state index contributed by atoms with van der Waals surface area (Å²) in [6.45, 7) is 1.60. The van der Waals surface area contributed by atoms with E-state index < -0.39 is 5.97 Å². The van der Waals surface area contributed by atoms with E-state index in [1.165, 1.54) is 24.0 Å². The molecule has 0 saturated carbocycles. The zero-order chi connectivity index (χ0) is 25.7. The van der Waals surface area contributed by atoms with Gasteiger partial charge in [-0.1, -0.05) is 73.9 Å². The van der Waals surface area contributed by atoms with Crippen LogP contribution < -0.4 is 4.74 Å². The van der Waals surface area contributed by atoms with E-state index in [0.717, 1.165) is 63.7 Å². The molecule has 1 heterocycles. The molecule has 0 aromatic heterocycles. The SMILES string of the molecule is O=C(O)c1ccc(OC(CCCCCCCOC2CCCCO2)c2ccc(-c3ccccc3)cc2)cc1. The molecule has 2 atom stereocenters. The van der Waals surface area contributed by atoms with Crippen molar-refractivity contribution in [2.75, 3.05) is 13.2 Å². The molecule has 1 aliphatic heterocycles. The highest BCUT2D eigenvalue weighted by Crippen LogP contribution is 2.29. The van der Waals surface area contributed by atoms with Gasteiger partial charge in [0.1, 0.15) is 11.9 Å². The third kappa shape index (κ3) is 8.73. The fourth-order valence-electron chi connectivity index (χ4n) is 4.67. The van der Waals surface area contributed by atoms with Crippen LogP contribution in [0.4, 0.5) is 0 Å². The maximum absolute atomic E-state index is 11.2. The summed E-state index contributed by atoms with van der Waals surface area (Å²) < 4.78 is 17.8. The Morgan fingerprint density at radius 3 is 2.24 bits per heavy atom. The number of aromatic carboxylic acids is 1. The number of rotatable bonds is 14. The second-order valence-corrected chi connectivity index (χ2v) is 9.65. The summed E-state index contributed by atoms with van der Waals surface area (Å²) in [7, 11) is 0. The van der Waals surface area contributed by atoms with Gasteiger partial charge in [0.05, 0.1) is 5.56 Å². The first-order chi connectivity index (χ1) is 18.2. The molecule has 2 unspecified atom stereocenters. The average Bonchev–Trinajstić information content (AvgIpc) is 2.95. The molecule has 3 aromatic rings. The van der Waals surface area contributed by atoms with Crippen LogP contribution in [0.25, 0.3) is 11.1 Å². The monoisotopic (exact) mass is 502 g/mol. The molecular formula is C32H38O5. The third-order valence-electron chi connectivity index (χ3n) is 6.82. The fraction of sp³-hybridized carbons (Fsp3) is 0.406. The zero-order valence-corrected chi connectivity index (χ0v) is 21.5. The molecule has 5 heteroatoms. The van der Waals surface area contributed by atoms with Crippen LogP contribution in [0.2, 0.25) is 0 Å². The number of carboxylic acids is 1. The molecule has 0 amide bonds. The van der Waals surface area contributed by atoms with Gasteiger partial charge in [0, 0.05) is 13.2 Å². The lowest BCUT2D eigenvalue weighted by molar-refractivity contribution is -0.162. The van der Waals surface area contributed by atoms with E-state index in [0.29, 0.717) is 5.75 Å². The van der Waals surface area contributed by atoms with Gasteiger partial charge in [-0.2, -0.15) is 0 Å². The van der Waals surface area contributed by atoms with Crippen molar-refractivity contribution >= 4 is 5.97 Å². The minimum absolute atomic E-state index is 0.00417. The minimum Gasteiger partial charge on any atom is -0.486 e. The van der Waals surface area contributed by atoms with E-state index in [9.17, 15) is 9.90 Å². The van der Waals surface area contributed by atoms with Crippen LogP contribution in [0.5, 0.6) is 5.75 Å². The van der Waals surface area contributed by atoms with Crippen LogP contribution >= 0.6 is 0 Å². The molecule has 5 nitrogen and oxygen atoms in total. The first-order valence-corrected chi connectivity index (χ1v) is 13.6. The van der Waals surface area contributed by atoms with Crippen molar-refractivity contribution in [1.82, 2.24) is 0 Å². The van der Waals surface area contributed by atoms with Gasteiger partial charge in [-0.3, -0.25) is 0 Å². The Balaban J connectivity index is 1.28. The number of ether oxygens (including phenoxy) is 3. The lowest BCUT2D eigenvalue weighted by Gasteiger charge is -2.22. The fourth-order valence-corrected chi connectivity index (χ4v) is 4.67. The Kier molecular flexibility index (Phi) is 10.6. The summed E-state index contributed by atoms with van der Waals surface area (Å²) in [6.07, 6.45) is 9.77. The first kappa shape index (κ1) is 26.9. The summed E-state index contributed by atoms with van der Waals surface area (Å²) in [4.78, 5) is 11.2. The molecular weight excluding hydrogens is 464 g/mol. The summed E-state index contributed by atoms with van der Waals surface area (Å²) >= 11 is 0. The molecule has 0 spiro atoms. The summed E-state index contributed by atoms with van der Waals surface area (Å²) in [5.74, 6) is -0.250. The van der Waals surface area contributed by atoms with Crippen LogP contribution in [-0.2, 0) is 9.47 Å². The smallest absolute Gasteiger partial charge is 0.335 e. The molecule has 1 aliphatic rings. The van der Waals surface area contributed by atoms with Crippen molar-refractivity contribution in [3.8, 4) is 16.9 Å². The lowest BCUT2D eigenvalue weighted by Crippen LogP contribution is -2.22. The van der Waals surface area contributed by atoms with Crippen LogP contribution in [-0.4, -0.2) is 30.6 Å². The van der Waals surface area contributed by atoms with Crippen molar-refractivity contribution in [3.63, 3.8) is 0 Å². The summed E-state index contributed by atoms with van der Waals surface area (Å²) in [5.41, 5.74) is 3.75. The van der Waals surface area contributed by atoms with E-state index in [4.69, 9.17) is 14.2 Å². The van der Waals surface area contributed by atoms with Gasteiger partial charge < -0.3 is 19.3 Å². The standard InChI is InChI=1S/C32H38O5/c33-32(34)28-19-21-29(22-20-28)37-30(27-17-15-26(16-18-27)25-11-5-4-6-12-25)13-7-2-1-3-9-23-35-31-14-8-10-24-36-31/h4-6,11-12,15-22,30-31H,1-3,7-10,13-14,23-24H2,(H,33,34). The van der Waals surface area contributed by atoms with E-state index in [1.54, 1.807) is 24.3 Å². The largest absolute Gasteiger partial charge is 0.486 e. The summed E-state index contributed by atoms with van der Waals surface area (Å²) in [6, 6.07) is 25.6. The van der Waals surface area contributed by atoms with Crippen LogP contribution in [0.1, 0.15) is 79.8 Å². The van der Waals surface area contributed by atoms with Gasteiger partial charge in [-0.25, -0.2) is 4.79 Å². The number of benzene rings is 3. The number of carboxylic acid groups (broad SMARTS) is 1. The molecule has 1 N–H and O–H groups in total. The highest BCUT2D eigenvalue weighted by molar-refractivity contribution is 5.87. The van der Waals surface area contributed by atoms with Crippen LogP contribution in [0, 0.1) is 0 Å². The van der Waals surface area contributed by atoms with Crippen molar-refractivity contribution < 1.29 is 24.1 Å². The lowest BCUT2D eigenvalue weighted by atomic mass is 9.98. The van der Waals surface area contributed by atoms with E-state index in [-0.39, 0.29) is 18.0 Å². The molecule has 0 aliphatic carbocycles. The Hall–Kier alpha value is -3.15. The molecule has 196 valence electrons. The van der Waals surface area contributed by atoms with Crippen molar-refractivity contribution in [1.29, 1.82) is 0 Å². The van der Waals surface area contributed by atoms with Gasteiger partial charge in [-0.05, 0) is 79.5 Å². The summed E-state index contributed by atoms with van der Waals surface area (Å²) in [5, 5.41) is 9.19. The predicted molar refractivity (Wildman–Crippen MR) is 146 cm³/mol. The Labute approximate surface area is 220 Å². The van der Waals surface area contributed by atoms with Crippen molar-refractivity contribution in [3.05, 3.63) is 90.0 Å². The highest BCUT2D eigenvalue weighted by Gasteiger charge is 2.15. The molecule has 0 bridgehead atoms. The van der Waals surface area contributed by atoms with Crippen molar-refractivity contribution in [2.45, 2.75) is 70.2 Å². The zero-order valence-electron chi connectivity index (χ0n) is 21.5. The Bertz CT molecular complexity index is 1060. The van der Waals surface area contributed by atoms with Gasteiger partial charge in [-0.15, -0.1) is 0 Å². The average molecular weight is 503 g/mol. The normalized spacial score (nSPS) is 16.3. The van der Waals surface area contributed by atoms with Crippen molar-refractivity contribution in [2.24, 2.45) is 0 Å². The van der Waals surface area contributed by atoms with E-state index in [1.807, 2.05) is 18.2 Å². The quantitative estimate of drug-likeness (QED) is 0.226. The van der Waals surface area contributed by atoms with Gasteiger partial charge in [0.25, 0.3) is 0 Å². The molecule has 1 saturated heterocycles. The first-order valence-electron chi connectivity index (χ1n) is 13.6. The van der Waals surface area contributed by atoms with Crippen LogP contribution in [0.15, 0.2) is 78.9 Å². The Morgan fingerprint density at radius 2 is 1.54 bits per heavy atom. The van der Waals surface area contributed by atoms with Crippen LogP contribution in [0.3, 0.4) is 0 Å². The number of hydrogen-bond donors (Lipinski definition) is 1. The minimum atomic E-state index is -0.934. The maximum Gasteiger partial charge on any atom is 0.335 e. The second-order valence-electron chi connectivity index (χ2n) is 9.65. The Morgan fingerprint density at radius 1 is 0.838 bits per heavy atom. The number of carbonyl (C=O) groups is 1. The van der Waals surface area contributed by atoms with Gasteiger partial charge in [0.15, 0.2) is 6.29 Å². The molecule has 0 radical (unpaired) electrons. The third-order valence-corrected chi connectivity index (χ3v) is 6.82. The molecule has 4 rings (SSSR count). The highest BCUT2D eigenvalue weighted by atomic mass is 16.7. The number of hydrogen-bond acceptors (Lipinski definition) is 4. The van der Waals surface area contributed by atoms with Gasteiger partial charge >= 0.3 is 5.97 Å². The molecule has 3 aromatic carbocycles. The topological polar surface area (TPSA) is 65.0 Å². The second kappa shape index (κ2) is 14.6.